The van der Waals surface area contributed by atoms with Crippen LogP contribution in [-0.2, 0) is 11.0 Å². The fraction of sp³-hybridized carbons (Fsp3) is 0.400. The van der Waals surface area contributed by atoms with Crippen LogP contribution < -0.4 is 16.1 Å². The standard InChI is InChI=1S/C10H18N3OP/c11-15(12,14)13-9-5-4-8-10-6-2-1-3-7-10/h1-3,6-7H,4-5,8-9H2,(H5,11,12,13,14). The highest BCUT2D eigenvalue weighted by Gasteiger charge is 2.04. The molecular weight excluding hydrogens is 209 g/mol. The van der Waals surface area contributed by atoms with Gasteiger partial charge in [-0.3, -0.25) is 15.6 Å². The molecule has 0 spiro atoms. The fourth-order valence-corrected chi connectivity index (χ4v) is 1.86. The lowest BCUT2D eigenvalue weighted by Crippen LogP contribution is -2.23. The van der Waals surface area contributed by atoms with E-state index in [9.17, 15) is 4.57 Å². The van der Waals surface area contributed by atoms with Crippen molar-refractivity contribution in [3.63, 3.8) is 0 Å². The molecule has 1 aromatic rings. The van der Waals surface area contributed by atoms with E-state index in [0.717, 1.165) is 19.3 Å². The Balaban J connectivity index is 2.10. The van der Waals surface area contributed by atoms with Gasteiger partial charge in [-0.25, -0.2) is 5.09 Å². The summed E-state index contributed by atoms with van der Waals surface area (Å²) in [6, 6.07) is 10.3. The smallest absolute Gasteiger partial charge is 0.271 e. The van der Waals surface area contributed by atoms with Gasteiger partial charge in [0.1, 0.15) is 0 Å². The summed E-state index contributed by atoms with van der Waals surface area (Å²) >= 11 is 0. The molecule has 1 rings (SSSR count). The van der Waals surface area contributed by atoms with Crippen molar-refractivity contribution in [3.05, 3.63) is 35.9 Å². The third-order valence-corrected chi connectivity index (χ3v) is 2.81. The second-order valence-electron chi connectivity index (χ2n) is 3.56. The van der Waals surface area contributed by atoms with Crippen LogP contribution >= 0.6 is 7.59 Å². The minimum absolute atomic E-state index is 0.608. The van der Waals surface area contributed by atoms with E-state index in [1.807, 2.05) is 18.2 Å². The molecule has 84 valence electrons. The molecule has 0 aliphatic heterocycles. The summed E-state index contributed by atoms with van der Waals surface area (Å²) in [5.74, 6) is 0. The Kier molecular flexibility index (Phi) is 4.99. The summed E-state index contributed by atoms with van der Waals surface area (Å²) in [7, 11) is -3.03. The average molecular weight is 227 g/mol. The number of aryl methyl sites for hydroxylation is 1. The molecule has 5 N–H and O–H groups in total. The first-order valence-electron chi connectivity index (χ1n) is 5.04. The van der Waals surface area contributed by atoms with Crippen molar-refractivity contribution in [1.82, 2.24) is 5.09 Å². The predicted molar refractivity (Wildman–Crippen MR) is 63.4 cm³/mol. The first-order valence-corrected chi connectivity index (χ1v) is 6.89. The molecule has 0 unspecified atom stereocenters. The number of rotatable bonds is 6. The highest BCUT2D eigenvalue weighted by atomic mass is 31.2. The Bertz CT molecular complexity index is 323. The lowest BCUT2D eigenvalue weighted by atomic mass is 10.1. The molecule has 0 aliphatic rings. The molecule has 0 amide bonds. The van der Waals surface area contributed by atoms with Gasteiger partial charge in [-0.15, -0.1) is 0 Å². The van der Waals surface area contributed by atoms with E-state index in [0.29, 0.717) is 6.54 Å². The van der Waals surface area contributed by atoms with Gasteiger partial charge in [0.05, 0.1) is 0 Å². The monoisotopic (exact) mass is 227 g/mol. The summed E-state index contributed by atoms with van der Waals surface area (Å²) in [4.78, 5) is 0. The van der Waals surface area contributed by atoms with Crippen LogP contribution in [0.5, 0.6) is 0 Å². The highest BCUT2D eigenvalue weighted by molar-refractivity contribution is 7.56. The number of hydrogen-bond donors (Lipinski definition) is 3. The van der Waals surface area contributed by atoms with Gasteiger partial charge in [0.2, 0.25) is 0 Å². The summed E-state index contributed by atoms with van der Waals surface area (Å²) in [6.07, 6.45) is 2.99. The van der Waals surface area contributed by atoms with Gasteiger partial charge in [0.25, 0.3) is 7.59 Å². The topological polar surface area (TPSA) is 81.1 Å². The Morgan fingerprint density at radius 1 is 1.13 bits per heavy atom. The molecule has 0 fully saturated rings. The molecule has 0 aromatic heterocycles. The molecule has 0 aliphatic carbocycles. The first-order chi connectivity index (χ1) is 7.08. The SMILES string of the molecule is NP(N)(=O)NCCCCc1ccccc1. The molecule has 1 aromatic carbocycles. The second kappa shape index (κ2) is 6.03. The molecule has 0 heterocycles. The Morgan fingerprint density at radius 2 is 1.80 bits per heavy atom. The maximum Gasteiger partial charge on any atom is 0.273 e. The number of benzene rings is 1. The third-order valence-electron chi connectivity index (χ3n) is 2.09. The van der Waals surface area contributed by atoms with Crippen molar-refractivity contribution in [3.8, 4) is 0 Å². The van der Waals surface area contributed by atoms with Crippen LogP contribution in [0, 0.1) is 0 Å². The van der Waals surface area contributed by atoms with Crippen molar-refractivity contribution < 1.29 is 4.57 Å². The lowest BCUT2D eigenvalue weighted by Gasteiger charge is -2.07. The zero-order valence-electron chi connectivity index (χ0n) is 8.73. The van der Waals surface area contributed by atoms with E-state index < -0.39 is 7.59 Å². The van der Waals surface area contributed by atoms with E-state index >= 15 is 0 Å². The largest absolute Gasteiger partial charge is 0.273 e. The van der Waals surface area contributed by atoms with Crippen LogP contribution in [-0.4, -0.2) is 6.54 Å². The summed E-state index contributed by atoms with van der Waals surface area (Å²) in [5, 5.41) is 2.62. The molecule has 0 bridgehead atoms. The Labute approximate surface area is 90.6 Å². The molecule has 0 atom stereocenters. The third kappa shape index (κ3) is 6.42. The van der Waals surface area contributed by atoms with Crippen LogP contribution in [0.1, 0.15) is 18.4 Å². The summed E-state index contributed by atoms with van der Waals surface area (Å²) < 4.78 is 10.9. The fourth-order valence-electron chi connectivity index (χ4n) is 1.35. The molecule has 4 nitrogen and oxygen atoms in total. The number of hydrogen-bond acceptors (Lipinski definition) is 1. The summed E-state index contributed by atoms with van der Waals surface area (Å²) in [5.41, 5.74) is 11.6. The van der Waals surface area contributed by atoms with E-state index in [2.05, 4.69) is 17.2 Å². The van der Waals surface area contributed by atoms with Gasteiger partial charge >= 0.3 is 0 Å². The second-order valence-corrected chi connectivity index (χ2v) is 5.30. The lowest BCUT2D eigenvalue weighted by molar-refractivity contribution is 0.563. The van der Waals surface area contributed by atoms with Crippen molar-refractivity contribution in [2.45, 2.75) is 19.3 Å². The number of nitrogens with two attached hydrogens (primary N) is 2. The Hall–Kier alpha value is -0.670. The molecule has 0 saturated carbocycles. The normalized spacial score (nSPS) is 11.6. The zero-order chi connectivity index (χ0) is 11.1. The van der Waals surface area contributed by atoms with E-state index in [1.54, 1.807) is 0 Å². The van der Waals surface area contributed by atoms with Crippen LogP contribution in [0.25, 0.3) is 0 Å². The first kappa shape index (κ1) is 12.4. The van der Waals surface area contributed by atoms with Crippen molar-refractivity contribution in [1.29, 1.82) is 0 Å². The van der Waals surface area contributed by atoms with Gasteiger partial charge in [-0.2, -0.15) is 0 Å². The quantitative estimate of drug-likeness (QED) is 0.509. The highest BCUT2D eigenvalue weighted by Crippen LogP contribution is 2.16. The van der Waals surface area contributed by atoms with Crippen molar-refractivity contribution in [2.24, 2.45) is 11.0 Å². The average Bonchev–Trinajstić information content (AvgIpc) is 2.17. The number of unbranched alkanes of at least 4 members (excludes halogenated alkanes) is 1. The zero-order valence-corrected chi connectivity index (χ0v) is 9.62. The molecule has 0 radical (unpaired) electrons. The molecule has 0 saturated heterocycles. The predicted octanol–water partition coefficient (Wildman–Crippen LogP) is 1.62. The molecule has 5 heteroatoms. The summed E-state index contributed by atoms with van der Waals surface area (Å²) in [6.45, 7) is 0.608. The van der Waals surface area contributed by atoms with E-state index in [-0.39, 0.29) is 0 Å². The minimum Gasteiger partial charge on any atom is -0.271 e. The maximum absolute atomic E-state index is 10.9. The van der Waals surface area contributed by atoms with Crippen LogP contribution in [0.4, 0.5) is 0 Å². The Morgan fingerprint density at radius 3 is 2.40 bits per heavy atom. The van der Waals surface area contributed by atoms with Gasteiger partial charge in [-0.1, -0.05) is 30.3 Å². The van der Waals surface area contributed by atoms with Gasteiger partial charge in [0, 0.05) is 6.54 Å². The van der Waals surface area contributed by atoms with E-state index in [4.69, 9.17) is 11.0 Å². The number of nitrogens with one attached hydrogen (secondary N) is 1. The van der Waals surface area contributed by atoms with Crippen LogP contribution in [0.2, 0.25) is 0 Å². The molecular formula is C10H18N3OP. The minimum atomic E-state index is -3.03. The van der Waals surface area contributed by atoms with Crippen molar-refractivity contribution in [2.75, 3.05) is 6.54 Å². The van der Waals surface area contributed by atoms with Crippen LogP contribution in [0.3, 0.4) is 0 Å². The van der Waals surface area contributed by atoms with Crippen molar-refractivity contribution >= 4 is 7.59 Å². The van der Waals surface area contributed by atoms with Gasteiger partial charge in [0.15, 0.2) is 0 Å². The molecule has 15 heavy (non-hydrogen) atoms. The van der Waals surface area contributed by atoms with E-state index in [1.165, 1.54) is 5.56 Å². The maximum atomic E-state index is 10.9. The van der Waals surface area contributed by atoms with Gasteiger partial charge in [-0.05, 0) is 24.8 Å². The van der Waals surface area contributed by atoms with Gasteiger partial charge < -0.3 is 0 Å². The van der Waals surface area contributed by atoms with Crippen LogP contribution in [0.15, 0.2) is 30.3 Å².